The summed E-state index contributed by atoms with van der Waals surface area (Å²) >= 11 is 5.25. The van der Waals surface area contributed by atoms with Crippen molar-refractivity contribution in [3.63, 3.8) is 0 Å². The van der Waals surface area contributed by atoms with E-state index in [0.717, 1.165) is 30.8 Å². The van der Waals surface area contributed by atoms with Crippen LogP contribution in [0.5, 0.6) is 0 Å². The van der Waals surface area contributed by atoms with E-state index in [9.17, 15) is 0 Å². The molecule has 0 fully saturated rings. The van der Waals surface area contributed by atoms with E-state index in [2.05, 4.69) is 22.4 Å². The Morgan fingerprint density at radius 3 is 2.89 bits per heavy atom. The second-order valence-corrected chi connectivity index (χ2v) is 4.49. The Labute approximate surface area is 114 Å². The largest absolute Gasteiger partial charge is 0.351 e. The zero-order chi connectivity index (χ0) is 13.4. The van der Waals surface area contributed by atoms with Crippen molar-refractivity contribution in [3.05, 3.63) is 30.1 Å². The molecule has 1 N–H and O–H groups in total. The summed E-state index contributed by atoms with van der Waals surface area (Å²) in [5, 5.41) is 4.88. The Morgan fingerprint density at radius 1 is 1.50 bits per heavy atom. The highest BCUT2D eigenvalue weighted by molar-refractivity contribution is 7.80. The van der Waals surface area contributed by atoms with Gasteiger partial charge in [0.1, 0.15) is 0 Å². The molecule has 0 radical (unpaired) electrons. The quantitative estimate of drug-likeness (QED) is 0.504. The highest BCUT2D eigenvalue weighted by Crippen LogP contribution is 1.96. The number of unbranched alkanes of at least 4 members (excludes halogenated alkanes) is 1. The van der Waals surface area contributed by atoms with Crippen molar-refractivity contribution in [2.24, 2.45) is 5.10 Å². The van der Waals surface area contributed by atoms with Crippen molar-refractivity contribution >= 4 is 23.0 Å². The van der Waals surface area contributed by atoms with E-state index in [-0.39, 0.29) is 0 Å². The van der Waals surface area contributed by atoms with Gasteiger partial charge in [-0.25, -0.2) is 0 Å². The number of thiocarbonyl (C=S) groups is 1. The minimum Gasteiger partial charge on any atom is -0.351 e. The number of hydrogen-bond acceptors (Lipinski definition) is 3. The van der Waals surface area contributed by atoms with E-state index < -0.39 is 0 Å². The van der Waals surface area contributed by atoms with Crippen molar-refractivity contribution in [3.8, 4) is 0 Å². The number of nitrogens with zero attached hydrogens (tertiary/aromatic N) is 3. The number of pyridine rings is 1. The van der Waals surface area contributed by atoms with Crippen LogP contribution >= 0.6 is 12.2 Å². The fraction of sp³-hybridized carbons (Fsp3) is 0.462. The molecule has 1 heterocycles. The van der Waals surface area contributed by atoms with E-state index in [0.29, 0.717) is 5.11 Å². The number of hydrogen-bond donors (Lipinski definition) is 1. The van der Waals surface area contributed by atoms with Crippen LogP contribution in [0.4, 0.5) is 0 Å². The van der Waals surface area contributed by atoms with E-state index in [1.165, 1.54) is 0 Å². The van der Waals surface area contributed by atoms with Crippen LogP contribution in [0.15, 0.2) is 29.5 Å². The number of nitrogens with one attached hydrogen (secondary N) is 1. The Morgan fingerprint density at radius 2 is 2.28 bits per heavy atom. The molecule has 18 heavy (non-hydrogen) atoms. The third-order valence-corrected chi connectivity index (χ3v) is 2.95. The highest BCUT2D eigenvalue weighted by atomic mass is 32.1. The lowest BCUT2D eigenvalue weighted by Crippen LogP contribution is -2.35. The Hall–Kier alpha value is -1.49. The van der Waals surface area contributed by atoms with Crippen molar-refractivity contribution in [1.82, 2.24) is 15.3 Å². The smallest absolute Gasteiger partial charge is 0.189 e. The fourth-order valence-corrected chi connectivity index (χ4v) is 1.48. The molecule has 4 nitrogen and oxygen atoms in total. The van der Waals surface area contributed by atoms with Gasteiger partial charge >= 0.3 is 0 Å². The molecule has 0 spiro atoms. The Balaban J connectivity index is 2.51. The second kappa shape index (κ2) is 7.76. The molecule has 0 bridgehead atoms. The van der Waals surface area contributed by atoms with Crippen LogP contribution in [0.25, 0.3) is 0 Å². The van der Waals surface area contributed by atoms with E-state index in [1.54, 1.807) is 6.20 Å². The highest BCUT2D eigenvalue weighted by Gasteiger charge is 2.03. The van der Waals surface area contributed by atoms with Crippen LogP contribution in [0.1, 0.15) is 32.4 Å². The Kier molecular flexibility index (Phi) is 6.28. The second-order valence-electron chi connectivity index (χ2n) is 4.10. The molecule has 0 unspecified atom stereocenters. The first-order valence-electron chi connectivity index (χ1n) is 6.12. The number of rotatable bonds is 5. The SMILES string of the molecule is CCCCN(C)C(=S)NN=C(C)c1ccccn1. The van der Waals surface area contributed by atoms with Gasteiger partial charge in [0.15, 0.2) is 5.11 Å². The van der Waals surface area contributed by atoms with E-state index >= 15 is 0 Å². The molecule has 0 aliphatic rings. The molecule has 1 aromatic rings. The first-order chi connectivity index (χ1) is 8.65. The third-order valence-electron chi connectivity index (χ3n) is 2.55. The predicted molar refractivity (Wildman–Crippen MR) is 79.7 cm³/mol. The van der Waals surface area contributed by atoms with Crippen LogP contribution in [-0.4, -0.2) is 34.3 Å². The summed E-state index contributed by atoms with van der Waals surface area (Å²) in [6, 6.07) is 5.74. The van der Waals surface area contributed by atoms with Crippen LogP contribution in [0.3, 0.4) is 0 Å². The lowest BCUT2D eigenvalue weighted by molar-refractivity contribution is 0.477. The van der Waals surface area contributed by atoms with Gasteiger partial charge in [0.25, 0.3) is 0 Å². The topological polar surface area (TPSA) is 40.5 Å². The summed E-state index contributed by atoms with van der Waals surface area (Å²) in [5.74, 6) is 0. The van der Waals surface area contributed by atoms with Gasteiger partial charge in [-0.15, -0.1) is 0 Å². The lowest BCUT2D eigenvalue weighted by atomic mass is 10.3. The van der Waals surface area contributed by atoms with Crippen LogP contribution in [0.2, 0.25) is 0 Å². The molecule has 0 saturated heterocycles. The molecule has 0 atom stereocenters. The molecular weight excluding hydrogens is 244 g/mol. The average molecular weight is 264 g/mol. The maximum atomic E-state index is 5.25. The molecular formula is C13H20N4S. The summed E-state index contributed by atoms with van der Waals surface area (Å²) < 4.78 is 0. The van der Waals surface area contributed by atoms with Crippen molar-refractivity contribution in [1.29, 1.82) is 0 Å². The number of aromatic nitrogens is 1. The molecule has 1 aromatic heterocycles. The van der Waals surface area contributed by atoms with Crippen LogP contribution in [0, 0.1) is 0 Å². The first-order valence-corrected chi connectivity index (χ1v) is 6.52. The zero-order valence-electron chi connectivity index (χ0n) is 11.2. The van der Waals surface area contributed by atoms with Gasteiger partial charge in [-0.05, 0) is 37.7 Å². The third kappa shape index (κ3) is 4.79. The lowest BCUT2D eigenvalue weighted by Gasteiger charge is -2.18. The molecule has 1 rings (SSSR count). The van der Waals surface area contributed by atoms with Gasteiger partial charge in [0.05, 0.1) is 11.4 Å². The van der Waals surface area contributed by atoms with Crippen molar-refractivity contribution in [2.75, 3.05) is 13.6 Å². The molecule has 0 saturated carbocycles. The molecule has 0 aromatic carbocycles. The summed E-state index contributed by atoms with van der Waals surface area (Å²) in [4.78, 5) is 6.22. The molecule has 0 aliphatic carbocycles. The average Bonchev–Trinajstić information content (AvgIpc) is 2.42. The van der Waals surface area contributed by atoms with Crippen LogP contribution in [-0.2, 0) is 0 Å². The summed E-state index contributed by atoms with van der Waals surface area (Å²) in [6.07, 6.45) is 4.03. The molecule has 5 heteroatoms. The predicted octanol–water partition coefficient (Wildman–Crippen LogP) is 2.41. The number of hydrazone groups is 1. The molecule has 0 aliphatic heterocycles. The van der Waals surface area contributed by atoms with Gasteiger partial charge in [-0.2, -0.15) is 5.10 Å². The summed E-state index contributed by atoms with van der Waals surface area (Å²) in [6.45, 7) is 5.01. The van der Waals surface area contributed by atoms with Crippen molar-refractivity contribution < 1.29 is 0 Å². The van der Waals surface area contributed by atoms with Crippen LogP contribution < -0.4 is 5.43 Å². The normalized spacial score (nSPS) is 11.2. The van der Waals surface area contributed by atoms with Gasteiger partial charge in [-0.3, -0.25) is 10.4 Å². The Bertz CT molecular complexity index is 403. The maximum Gasteiger partial charge on any atom is 0.189 e. The molecule has 98 valence electrons. The van der Waals surface area contributed by atoms with Crippen molar-refractivity contribution in [2.45, 2.75) is 26.7 Å². The standard InChI is InChI=1S/C13H20N4S/c1-4-5-10-17(3)13(18)16-15-11(2)12-8-6-7-9-14-12/h6-9H,4-5,10H2,1-3H3,(H,16,18). The zero-order valence-corrected chi connectivity index (χ0v) is 12.0. The minimum atomic E-state index is 0.638. The van der Waals surface area contributed by atoms with Gasteiger partial charge in [0.2, 0.25) is 0 Å². The fourth-order valence-electron chi connectivity index (χ4n) is 1.35. The summed E-state index contributed by atoms with van der Waals surface area (Å²) in [5.41, 5.74) is 4.57. The van der Waals surface area contributed by atoms with Gasteiger partial charge < -0.3 is 4.90 Å². The maximum absolute atomic E-state index is 5.25. The van der Waals surface area contributed by atoms with Gasteiger partial charge in [-0.1, -0.05) is 19.4 Å². The van der Waals surface area contributed by atoms with Gasteiger partial charge in [0, 0.05) is 19.8 Å². The first kappa shape index (κ1) is 14.6. The molecule has 0 amide bonds. The summed E-state index contributed by atoms with van der Waals surface area (Å²) in [7, 11) is 1.97. The van der Waals surface area contributed by atoms with E-state index in [1.807, 2.05) is 37.1 Å². The van der Waals surface area contributed by atoms with E-state index in [4.69, 9.17) is 12.2 Å². The minimum absolute atomic E-state index is 0.638. The monoisotopic (exact) mass is 264 g/mol.